The van der Waals surface area contributed by atoms with Gasteiger partial charge in [0.2, 0.25) is 0 Å². The third kappa shape index (κ3) is 3.61. The third-order valence-corrected chi connectivity index (χ3v) is 4.87. The lowest BCUT2D eigenvalue weighted by atomic mass is 9.90. The number of benzene rings is 1. The number of nitrogens with zero attached hydrogens (tertiary/aromatic N) is 3. The van der Waals surface area contributed by atoms with E-state index in [2.05, 4.69) is 26.1 Å². The summed E-state index contributed by atoms with van der Waals surface area (Å²) in [5.41, 5.74) is 4.48. The van der Waals surface area contributed by atoms with Crippen molar-refractivity contribution in [3.05, 3.63) is 72.1 Å². The maximum Gasteiger partial charge on any atom is 0.123 e. The molecule has 1 aliphatic rings. The molecule has 0 amide bonds. The first-order valence-electron chi connectivity index (χ1n) is 8.70. The molecule has 25 heavy (non-hydrogen) atoms. The maximum atomic E-state index is 13.2. The zero-order valence-electron chi connectivity index (χ0n) is 14.0. The Morgan fingerprint density at radius 2 is 2.04 bits per heavy atom. The van der Waals surface area contributed by atoms with E-state index in [1.54, 1.807) is 0 Å². The second-order valence-electron chi connectivity index (χ2n) is 6.64. The number of halogens is 1. The van der Waals surface area contributed by atoms with Crippen LogP contribution in [0.1, 0.15) is 30.0 Å². The van der Waals surface area contributed by atoms with Gasteiger partial charge in [-0.25, -0.2) is 4.39 Å². The molecule has 2 aromatic heterocycles. The van der Waals surface area contributed by atoms with E-state index in [0.29, 0.717) is 5.92 Å². The van der Waals surface area contributed by atoms with Crippen LogP contribution in [0.5, 0.6) is 0 Å². The molecule has 1 N–H and O–H groups in total. The van der Waals surface area contributed by atoms with Crippen LogP contribution in [0.3, 0.4) is 0 Å². The average molecular weight is 336 g/mol. The Balaban J connectivity index is 1.52. The van der Waals surface area contributed by atoms with Crippen LogP contribution in [0.4, 0.5) is 4.39 Å². The van der Waals surface area contributed by atoms with Crippen LogP contribution in [0.25, 0.3) is 11.1 Å². The summed E-state index contributed by atoms with van der Waals surface area (Å²) >= 11 is 0. The lowest BCUT2D eigenvalue weighted by Crippen LogP contribution is -2.34. The van der Waals surface area contributed by atoms with Crippen molar-refractivity contribution in [3.63, 3.8) is 0 Å². The number of hydrogen-bond acceptors (Lipinski definition) is 3. The van der Waals surface area contributed by atoms with Crippen LogP contribution in [-0.4, -0.2) is 33.2 Å². The predicted octanol–water partition coefficient (Wildman–Crippen LogP) is 3.99. The van der Waals surface area contributed by atoms with Crippen LogP contribution < -0.4 is 0 Å². The monoisotopic (exact) mass is 336 g/mol. The second-order valence-corrected chi connectivity index (χ2v) is 6.64. The van der Waals surface area contributed by atoms with Gasteiger partial charge in [0.15, 0.2) is 0 Å². The smallest absolute Gasteiger partial charge is 0.123 e. The molecule has 3 aromatic rings. The van der Waals surface area contributed by atoms with Gasteiger partial charge in [-0.3, -0.25) is 15.0 Å². The number of pyridine rings is 1. The molecule has 0 bridgehead atoms. The van der Waals surface area contributed by atoms with Crippen molar-refractivity contribution in [2.45, 2.75) is 25.3 Å². The number of hydrogen-bond donors (Lipinski definition) is 1. The summed E-state index contributed by atoms with van der Waals surface area (Å²) in [7, 11) is 0. The van der Waals surface area contributed by atoms with Crippen molar-refractivity contribution >= 4 is 0 Å². The zero-order chi connectivity index (χ0) is 17.1. The average Bonchev–Trinajstić information content (AvgIpc) is 3.13. The number of aromatic nitrogens is 3. The summed E-state index contributed by atoms with van der Waals surface area (Å²) in [5, 5.41) is 7.45. The van der Waals surface area contributed by atoms with E-state index in [1.165, 1.54) is 17.7 Å². The molecule has 1 saturated heterocycles. The summed E-state index contributed by atoms with van der Waals surface area (Å²) in [4.78, 5) is 6.68. The van der Waals surface area contributed by atoms with Gasteiger partial charge in [0.1, 0.15) is 5.82 Å². The van der Waals surface area contributed by atoms with Crippen LogP contribution >= 0.6 is 0 Å². The van der Waals surface area contributed by atoms with E-state index >= 15 is 0 Å². The standard InChI is InChI=1S/C20H21FN4/c21-18-7-5-16(6-8-18)19-12-23-24-20(19)17-4-2-10-25(14-17)13-15-3-1-9-22-11-15/h1,3,5-9,11-12,17H,2,4,10,13-14H2,(H,23,24). The van der Waals surface area contributed by atoms with Gasteiger partial charge >= 0.3 is 0 Å². The van der Waals surface area contributed by atoms with Crippen molar-refractivity contribution in [1.82, 2.24) is 20.1 Å². The molecule has 128 valence electrons. The SMILES string of the molecule is Fc1ccc(-c2cn[nH]c2C2CCCN(Cc3cccnc3)C2)cc1. The Labute approximate surface area is 146 Å². The fourth-order valence-electron chi connectivity index (χ4n) is 3.65. The number of likely N-dealkylation sites (tertiary alicyclic amines) is 1. The molecule has 0 aliphatic carbocycles. The molecule has 1 aromatic carbocycles. The van der Waals surface area contributed by atoms with Crippen molar-refractivity contribution in [2.75, 3.05) is 13.1 Å². The Morgan fingerprint density at radius 1 is 1.16 bits per heavy atom. The number of H-pyrrole nitrogens is 1. The van der Waals surface area contributed by atoms with Gasteiger partial charge in [0.05, 0.1) is 6.20 Å². The van der Waals surface area contributed by atoms with Gasteiger partial charge in [-0.15, -0.1) is 0 Å². The fraction of sp³-hybridized carbons (Fsp3) is 0.300. The minimum atomic E-state index is -0.214. The Bertz CT molecular complexity index is 813. The van der Waals surface area contributed by atoms with Gasteiger partial charge in [-0.2, -0.15) is 5.10 Å². The molecule has 0 saturated carbocycles. The molecule has 4 nitrogen and oxygen atoms in total. The topological polar surface area (TPSA) is 44.8 Å². The highest BCUT2D eigenvalue weighted by Gasteiger charge is 2.25. The molecule has 5 heteroatoms. The van der Waals surface area contributed by atoms with E-state index in [0.717, 1.165) is 49.3 Å². The number of nitrogens with one attached hydrogen (secondary N) is 1. The van der Waals surface area contributed by atoms with Crippen LogP contribution in [0.2, 0.25) is 0 Å². The normalized spacial score (nSPS) is 18.4. The van der Waals surface area contributed by atoms with Gasteiger partial charge in [0.25, 0.3) is 0 Å². The van der Waals surface area contributed by atoms with Gasteiger partial charge in [-0.05, 0) is 48.7 Å². The highest BCUT2D eigenvalue weighted by atomic mass is 19.1. The summed E-state index contributed by atoms with van der Waals surface area (Å²) < 4.78 is 13.2. The lowest BCUT2D eigenvalue weighted by molar-refractivity contribution is 0.198. The molecule has 1 fully saturated rings. The first kappa shape index (κ1) is 16.0. The second kappa shape index (κ2) is 7.15. The molecular weight excluding hydrogens is 315 g/mol. The van der Waals surface area contributed by atoms with Crippen LogP contribution in [0, 0.1) is 5.82 Å². The van der Waals surface area contributed by atoms with E-state index in [-0.39, 0.29) is 5.82 Å². The largest absolute Gasteiger partial charge is 0.298 e. The van der Waals surface area contributed by atoms with Crippen molar-refractivity contribution in [1.29, 1.82) is 0 Å². The Kier molecular flexibility index (Phi) is 4.57. The fourth-order valence-corrected chi connectivity index (χ4v) is 3.65. The highest BCUT2D eigenvalue weighted by molar-refractivity contribution is 5.65. The van der Waals surface area contributed by atoms with Crippen molar-refractivity contribution < 1.29 is 4.39 Å². The van der Waals surface area contributed by atoms with Gasteiger partial charge in [0, 0.05) is 42.7 Å². The van der Waals surface area contributed by atoms with E-state index in [4.69, 9.17) is 0 Å². The van der Waals surface area contributed by atoms with Gasteiger partial charge in [-0.1, -0.05) is 18.2 Å². The molecule has 1 aliphatic heterocycles. The molecule has 1 atom stereocenters. The Hall–Kier alpha value is -2.53. The predicted molar refractivity (Wildman–Crippen MR) is 95.5 cm³/mol. The number of piperidine rings is 1. The highest BCUT2D eigenvalue weighted by Crippen LogP contribution is 2.33. The third-order valence-electron chi connectivity index (χ3n) is 4.87. The number of rotatable bonds is 4. The number of aromatic amines is 1. The quantitative estimate of drug-likeness (QED) is 0.783. The Morgan fingerprint density at radius 3 is 2.84 bits per heavy atom. The van der Waals surface area contributed by atoms with E-state index < -0.39 is 0 Å². The molecule has 1 unspecified atom stereocenters. The molecule has 3 heterocycles. The molecular formula is C20H21FN4. The molecule has 0 spiro atoms. The first-order chi connectivity index (χ1) is 12.3. The van der Waals surface area contributed by atoms with Crippen LogP contribution in [0.15, 0.2) is 55.0 Å². The summed E-state index contributed by atoms with van der Waals surface area (Å²) in [6, 6.07) is 10.7. The lowest BCUT2D eigenvalue weighted by Gasteiger charge is -2.32. The first-order valence-corrected chi connectivity index (χ1v) is 8.70. The minimum absolute atomic E-state index is 0.214. The molecule has 4 rings (SSSR count). The van der Waals surface area contributed by atoms with E-state index in [9.17, 15) is 4.39 Å². The summed E-state index contributed by atoms with van der Waals surface area (Å²) in [6.07, 6.45) is 7.89. The molecule has 0 radical (unpaired) electrons. The summed E-state index contributed by atoms with van der Waals surface area (Å²) in [6.45, 7) is 3.01. The maximum absolute atomic E-state index is 13.2. The minimum Gasteiger partial charge on any atom is -0.298 e. The van der Waals surface area contributed by atoms with Crippen LogP contribution in [-0.2, 0) is 6.54 Å². The van der Waals surface area contributed by atoms with Gasteiger partial charge < -0.3 is 0 Å². The zero-order valence-corrected chi connectivity index (χ0v) is 14.0. The van der Waals surface area contributed by atoms with Crippen molar-refractivity contribution in [3.8, 4) is 11.1 Å². The van der Waals surface area contributed by atoms with Crippen molar-refractivity contribution in [2.24, 2.45) is 0 Å². The van der Waals surface area contributed by atoms with E-state index in [1.807, 2.05) is 36.8 Å². The summed E-state index contributed by atoms with van der Waals surface area (Å²) in [5.74, 6) is 0.196.